The van der Waals surface area contributed by atoms with Crippen LogP contribution in [0.3, 0.4) is 0 Å². The molecule has 0 amide bonds. The number of hydrogen-bond acceptors (Lipinski definition) is 11. The molecule has 0 N–H and O–H groups in total. The van der Waals surface area contributed by atoms with Crippen molar-refractivity contribution in [3.8, 4) is 0 Å². The maximum atomic E-state index is 7.17. The fourth-order valence-electron chi connectivity index (χ4n) is 5.87. The zero-order valence-electron chi connectivity index (χ0n) is 34.6. The van der Waals surface area contributed by atoms with Gasteiger partial charge >= 0.3 is 0 Å². The van der Waals surface area contributed by atoms with Crippen molar-refractivity contribution in [1.82, 2.24) is 0 Å². The largest absolute Gasteiger partial charge is 0.375 e. The molecule has 0 bridgehead atoms. The summed E-state index contributed by atoms with van der Waals surface area (Å²) in [6, 6.07) is 0. The maximum Gasteiger partial charge on any atom is 0.224 e. The molecule has 2 aliphatic heterocycles. The molecule has 0 aromatic carbocycles. The van der Waals surface area contributed by atoms with Crippen LogP contribution >= 0.6 is 0 Å². The molecule has 0 unspecified atom stereocenters. The van der Waals surface area contributed by atoms with Gasteiger partial charge in [0.05, 0.1) is 66.1 Å². The van der Waals surface area contributed by atoms with Crippen LogP contribution in [0.2, 0.25) is 0 Å². The van der Waals surface area contributed by atoms with Gasteiger partial charge in [-0.2, -0.15) is 0 Å². The van der Waals surface area contributed by atoms with Gasteiger partial charge in [-0.05, 0) is 55.4 Å². The lowest BCUT2D eigenvalue weighted by atomic mass is 9.97. The highest BCUT2D eigenvalue weighted by atomic mass is 16.8. The molecule has 0 spiro atoms. The first-order chi connectivity index (χ1) is 27.0. The average molecular weight is 775 g/mol. The molecule has 11 nitrogen and oxygen atoms in total. The normalized spacial score (nSPS) is 29.5. The Morgan fingerprint density at radius 2 is 0.818 bits per heavy atom. The van der Waals surface area contributed by atoms with E-state index in [-0.39, 0.29) is 33.0 Å². The van der Waals surface area contributed by atoms with E-state index < -0.39 is 54.8 Å². The van der Waals surface area contributed by atoms with Crippen molar-refractivity contribution in [2.24, 2.45) is 0 Å². The Kier molecular flexibility index (Phi) is 27.1. The van der Waals surface area contributed by atoms with Crippen LogP contribution < -0.4 is 0 Å². The minimum Gasteiger partial charge on any atom is -0.375 e. The first kappa shape index (κ1) is 48.6. The van der Waals surface area contributed by atoms with E-state index in [9.17, 15) is 0 Å². The lowest BCUT2D eigenvalue weighted by Gasteiger charge is -2.48. The monoisotopic (exact) mass is 774 g/mol. The van der Waals surface area contributed by atoms with Gasteiger partial charge in [-0.1, -0.05) is 97.2 Å². The Hall–Kier alpha value is -2.52. The van der Waals surface area contributed by atoms with Crippen LogP contribution in [0.1, 0.15) is 55.4 Å². The van der Waals surface area contributed by atoms with Gasteiger partial charge in [0.25, 0.3) is 0 Å². The minimum absolute atomic E-state index is 0.0120. The highest BCUT2D eigenvalue weighted by molar-refractivity contribution is 5.03. The van der Waals surface area contributed by atoms with Gasteiger partial charge in [-0.3, -0.25) is 0 Å². The molecular weight excluding hydrogens is 704 g/mol. The summed E-state index contributed by atoms with van der Waals surface area (Å²) in [6.07, 6.45) is 25.4. The van der Waals surface area contributed by atoms with Gasteiger partial charge < -0.3 is 52.1 Å². The molecule has 2 rings (SSSR count). The van der Waals surface area contributed by atoms with Crippen LogP contribution in [-0.4, -0.2) is 127 Å². The number of hydrogen-bond donors (Lipinski definition) is 0. The van der Waals surface area contributed by atoms with E-state index in [2.05, 4.69) is 0 Å². The fourth-order valence-corrected chi connectivity index (χ4v) is 5.87. The third-order valence-electron chi connectivity index (χ3n) is 8.66. The zero-order valence-corrected chi connectivity index (χ0v) is 34.6. The molecule has 2 heterocycles. The molecule has 0 aromatic heterocycles. The number of rotatable bonds is 29. The lowest BCUT2D eigenvalue weighted by Crippen LogP contribution is -2.65. The summed E-state index contributed by atoms with van der Waals surface area (Å²) in [7, 11) is 0. The summed E-state index contributed by atoms with van der Waals surface area (Å²) >= 11 is 0. The highest BCUT2D eigenvalue weighted by Crippen LogP contribution is 2.41. The van der Waals surface area contributed by atoms with Crippen LogP contribution in [0, 0.1) is 0 Å². The molecular formula is C44H70O11. The van der Waals surface area contributed by atoms with Crippen LogP contribution in [-0.2, 0) is 52.1 Å². The van der Waals surface area contributed by atoms with Crippen molar-refractivity contribution in [2.45, 2.75) is 110 Å². The van der Waals surface area contributed by atoms with Gasteiger partial charge in [0.1, 0.15) is 49.3 Å². The van der Waals surface area contributed by atoms with Crippen LogP contribution in [0.25, 0.3) is 0 Å². The Morgan fingerprint density at radius 3 is 1.33 bits per heavy atom. The predicted octanol–water partition coefficient (Wildman–Crippen LogP) is 7.41. The molecule has 312 valence electrons. The Labute approximate surface area is 331 Å². The van der Waals surface area contributed by atoms with E-state index in [0.29, 0.717) is 39.6 Å². The van der Waals surface area contributed by atoms with E-state index in [1.807, 2.05) is 153 Å². The van der Waals surface area contributed by atoms with Gasteiger partial charge in [-0.25, -0.2) is 0 Å². The Balaban J connectivity index is 2.77. The molecule has 0 aliphatic carbocycles. The molecule has 55 heavy (non-hydrogen) atoms. The Bertz CT molecular complexity index is 1210. The minimum atomic E-state index is -1.53. The molecule has 11 heteroatoms. The predicted molar refractivity (Wildman–Crippen MR) is 217 cm³/mol. The van der Waals surface area contributed by atoms with E-state index >= 15 is 0 Å². The standard InChI is InChI=1S/C44H70O11/c1-9-17-25-45-33-36-38(48-28-20-12-4)40(50-30-22-14-6)41(51-31-23-15-7)43(53-36)55-44(35-47-27-19-11-3)42(52-32-24-16-8)39(49-29-21-13-5)37(54-44)34-46-26-18-10-2/h9-24,36-43H,25-35H2,1-8H3/b17-9+,18-10+,19-11+,20-12+,21-13+,22-14+,23-15+,24-16+/t36-,37-,38-,39-,40+,41-,42+,43-,44+/m1/s1. The quantitative estimate of drug-likeness (QED) is 0.0561. The molecule has 2 fully saturated rings. The van der Waals surface area contributed by atoms with Gasteiger partial charge in [0, 0.05) is 0 Å². The first-order valence-corrected chi connectivity index (χ1v) is 19.7. The second kappa shape index (κ2) is 30.6. The second-order valence-electron chi connectivity index (χ2n) is 12.7. The second-order valence-corrected chi connectivity index (χ2v) is 12.7. The smallest absolute Gasteiger partial charge is 0.224 e. The van der Waals surface area contributed by atoms with Crippen molar-refractivity contribution < 1.29 is 52.1 Å². The molecule has 0 aromatic rings. The summed E-state index contributed by atoms with van der Waals surface area (Å²) < 4.78 is 72.3. The first-order valence-electron chi connectivity index (χ1n) is 19.7. The summed E-state index contributed by atoms with van der Waals surface area (Å²) in [4.78, 5) is 0. The van der Waals surface area contributed by atoms with Gasteiger partial charge in [0.2, 0.25) is 5.79 Å². The van der Waals surface area contributed by atoms with Gasteiger partial charge in [-0.15, -0.1) is 0 Å². The molecule has 9 atom stereocenters. The van der Waals surface area contributed by atoms with E-state index in [1.54, 1.807) is 0 Å². The SMILES string of the molecule is C/C=C/COC[C@H]1O[C@@](COC/C=C/C)(O[C@H]2O[C@H](COC/C=C/C)[C@@H](OC/C=C/C)[C@H](OC/C=C/C)[C@H]2OC/C=C/C)[C@@H](OC/C=C/C)[C@@H]1OC/C=C/C. The number of allylic oxidation sites excluding steroid dienone is 8. The third kappa shape index (κ3) is 17.2. The summed E-state index contributed by atoms with van der Waals surface area (Å²) in [5.41, 5.74) is 0. The van der Waals surface area contributed by atoms with Crippen LogP contribution in [0.4, 0.5) is 0 Å². The third-order valence-corrected chi connectivity index (χ3v) is 8.66. The Morgan fingerprint density at radius 1 is 0.418 bits per heavy atom. The van der Waals surface area contributed by atoms with Crippen molar-refractivity contribution in [3.63, 3.8) is 0 Å². The van der Waals surface area contributed by atoms with Crippen LogP contribution in [0.15, 0.2) is 97.2 Å². The van der Waals surface area contributed by atoms with Crippen molar-refractivity contribution in [3.05, 3.63) is 97.2 Å². The summed E-state index contributed by atoms with van der Waals surface area (Å²) in [6.45, 7) is 18.7. The van der Waals surface area contributed by atoms with Gasteiger partial charge in [0.15, 0.2) is 6.29 Å². The highest BCUT2D eigenvalue weighted by Gasteiger charge is 2.61. The molecule has 0 radical (unpaired) electrons. The summed E-state index contributed by atoms with van der Waals surface area (Å²) in [5.74, 6) is -1.53. The van der Waals surface area contributed by atoms with Crippen molar-refractivity contribution in [1.29, 1.82) is 0 Å². The molecule has 2 aliphatic rings. The van der Waals surface area contributed by atoms with E-state index in [0.717, 1.165) is 0 Å². The van der Waals surface area contributed by atoms with Crippen molar-refractivity contribution in [2.75, 3.05) is 72.7 Å². The zero-order chi connectivity index (χ0) is 40.0. The van der Waals surface area contributed by atoms with E-state index in [1.165, 1.54) is 0 Å². The fraction of sp³-hybridized carbons (Fsp3) is 0.636. The molecule has 0 saturated carbocycles. The van der Waals surface area contributed by atoms with E-state index in [4.69, 9.17) is 52.1 Å². The van der Waals surface area contributed by atoms with Crippen molar-refractivity contribution >= 4 is 0 Å². The number of ether oxygens (including phenoxy) is 11. The maximum absolute atomic E-state index is 7.17. The molecule has 2 saturated heterocycles. The average Bonchev–Trinajstić information content (AvgIpc) is 3.46. The topological polar surface area (TPSA) is 102 Å². The lowest BCUT2D eigenvalue weighted by molar-refractivity contribution is -0.393. The van der Waals surface area contributed by atoms with Crippen LogP contribution in [0.5, 0.6) is 0 Å². The summed E-state index contributed by atoms with van der Waals surface area (Å²) in [5, 5.41) is 0.